The van der Waals surface area contributed by atoms with E-state index in [0.29, 0.717) is 6.04 Å². The van der Waals surface area contributed by atoms with Crippen LogP contribution in [0.4, 0.5) is 0 Å². The summed E-state index contributed by atoms with van der Waals surface area (Å²) in [4.78, 5) is 4.55. The van der Waals surface area contributed by atoms with E-state index >= 15 is 0 Å². The normalized spacial score (nSPS) is 16.1. The zero-order valence-corrected chi connectivity index (χ0v) is 13.7. The van der Waals surface area contributed by atoms with E-state index in [1.165, 1.54) is 0 Å². The minimum atomic E-state index is -0.504. The van der Waals surface area contributed by atoms with E-state index in [2.05, 4.69) is 35.6 Å². The fourth-order valence-electron chi connectivity index (χ4n) is 2.67. The smallest absolute Gasteiger partial charge is 0.106 e. The Morgan fingerprint density at radius 3 is 2.62 bits per heavy atom. The molecule has 0 aliphatic carbocycles. The third-order valence-corrected chi connectivity index (χ3v) is 4.40. The van der Waals surface area contributed by atoms with Crippen LogP contribution in [0.3, 0.4) is 0 Å². The van der Waals surface area contributed by atoms with Gasteiger partial charge in [-0.05, 0) is 44.4 Å². The topological polar surface area (TPSA) is 50.1 Å². The average Bonchev–Trinajstić information content (AvgIpc) is 2.78. The van der Waals surface area contributed by atoms with Gasteiger partial charge in [0.15, 0.2) is 0 Å². The lowest BCUT2D eigenvalue weighted by atomic mass is 9.99. The second-order valence-corrected chi connectivity index (χ2v) is 5.90. The molecule has 2 aromatic rings. The highest BCUT2D eigenvalue weighted by Crippen LogP contribution is 2.24. The first-order valence-corrected chi connectivity index (χ1v) is 7.85. The molecule has 0 amide bonds. The van der Waals surface area contributed by atoms with Gasteiger partial charge in [0.05, 0.1) is 17.1 Å². The number of aryl methyl sites for hydroxylation is 2. The minimum absolute atomic E-state index is 0.0715. The Bertz CT molecular complexity index is 605. The molecule has 1 aromatic heterocycles. The molecule has 2 N–H and O–H groups in total. The summed E-state index contributed by atoms with van der Waals surface area (Å²) in [5.74, 6) is 0.987. The molecule has 21 heavy (non-hydrogen) atoms. The molecule has 3 unspecified atom stereocenters. The number of imidazole rings is 1. The van der Waals surface area contributed by atoms with Crippen molar-refractivity contribution in [3.8, 4) is 0 Å². The molecule has 4 heteroatoms. The van der Waals surface area contributed by atoms with Crippen LogP contribution >= 0.6 is 0 Å². The van der Waals surface area contributed by atoms with Crippen molar-refractivity contribution in [3.63, 3.8) is 0 Å². The maximum atomic E-state index is 10.7. The van der Waals surface area contributed by atoms with Crippen molar-refractivity contribution < 1.29 is 5.11 Å². The van der Waals surface area contributed by atoms with E-state index in [9.17, 15) is 5.11 Å². The Balaban J connectivity index is 2.27. The standard InChI is InChI=1S/C17H27N3O/c1-6-11(3)18-14(7-2)17(21)13-8-9-16-15(10-13)19-12(4)20(16)5/h8-11,14,17-18,21H,6-7H2,1-5H3. The molecular weight excluding hydrogens is 262 g/mol. The van der Waals surface area contributed by atoms with Crippen LogP contribution in [0.25, 0.3) is 11.0 Å². The van der Waals surface area contributed by atoms with E-state index in [4.69, 9.17) is 0 Å². The molecule has 0 spiro atoms. The van der Waals surface area contributed by atoms with Crippen molar-refractivity contribution >= 4 is 11.0 Å². The van der Waals surface area contributed by atoms with Gasteiger partial charge in [0.1, 0.15) is 5.82 Å². The molecule has 0 saturated carbocycles. The van der Waals surface area contributed by atoms with E-state index in [1.54, 1.807) is 0 Å². The number of aliphatic hydroxyl groups excluding tert-OH is 1. The Hall–Kier alpha value is -1.39. The highest BCUT2D eigenvalue weighted by molar-refractivity contribution is 5.76. The predicted molar refractivity (Wildman–Crippen MR) is 87.4 cm³/mol. The lowest BCUT2D eigenvalue weighted by molar-refractivity contribution is 0.120. The largest absolute Gasteiger partial charge is 0.387 e. The van der Waals surface area contributed by atoms with Gasteiger partial charge in [0, 0.05) is 19.1 Å². The Morgan fingerprint density at radius 2 is 2.00 bits per heavy atom. The summed E-state index contributed by atoms with van der Waals surface area (Å²) in [7, 11) is 2.01. The number of aromatic nitrogens is 2. The number of fused-ring (bicyclic) bond motifs is 1. The van der Waals surface area contributed by atoms with Crippen molar-refractivity contribution in [2.75, 3.05) is 0 Å². The second kappa shape index (κ2) is 6.58. The molecule has 0 aliphatic heterocycles. The van der Waals surface area contributed by atoms with Gasteiger partial charge < -0.3 is 15.0 Å². The first kappa shape index (κ1) is 16.0. The van der Waals surface area contributed by atoms with Crippen LogP contribution in [0, 0.1) is 6.92 Å². The molecule has 0 radical (unpaired) electrons. The predicted octanol–water partition coefficient (Wildman–Crippen LogP) is 3.08. The Morgan fingerprint density at radius 1 is 1.29 bits per heavy atom. The monoisotopic (exact) mass is 289 g/mol. The van der Waals surface area contributed by atoms with Crippen LogP contribution < -0.4 is 5.32 Å². The van der Waals surface area contributed by atoms with Crippen molar-refractivity contribution in [2.24, 2.45) is 7.05 Å². The van der Waals surface area contributed by atoms with Crippen molar-refractivity contribution in [3.05, 3.63) is 29.6 Å². The highest BCUT2D eigenvalue weighted by Gasteiger charge is 2.21. The lowest BCUT2D eigenvalue weighted by Crippen LogP contribution is -2.40. The summed E-state index contributed by atoms with van der Waals surface area (Å²) in [5, 5.41) is 14.2. The third-order valence-electron chi connectivity index (χ3n) is 4.40. The Labute approximate surface area is 127 Å². The van der Waals surface area contributed by atoms with Gasteiger partial charge in [-0.3, -0.25) is 0 Å². The van der Waals surface area contributed by atoms with E-state index in [1.807, 2.05) is 32.2 Å². The van der Waals surface area contributed by atoms with Gasteiger partial charge >= 0.3 is 0 Å². The quantitative estimate of drug-likeness (QED) is 0.859. The third kappa shape index (κ3) is 3.27. The first-order valence-electron chi connectivity index (χ1n) is 7.85. The zero-order chi connectivity index (χ0) is 15.6. The molecule has 0 aliphatic rings. The molecule has 3 atom stereocenters. The number of benzene rings is 1. The van der Waals surface area contributed by atoms with Gasteiger partial charge in [-0.1, -0.05) is 19.9 Å². The number of aliphatic hydroxyl groups is 1. The van der Waals surface area contributed by atoms with Gasteiger partial charge in [-0.2, -0.15) is 0 Å². The zero-order valence-electron chi connectivity index (χ0n) is 13.7. The molecule has 1 aromatic carbocycles. The molecular formula is C17H27N3O. The molecule has 4 nitrogen and oxygen atoms in total. The number of rotatable bonds is 6. The molecule has 2 rings (SSSR count). The number of nitrogens with one attached hydrogen (secondary N) is 1. The van der Waals surface area contributed by atoms with Crippen LogP contribution in [-0.4, -0.2) is 26.7 Å². The van der Waals surface area contributed by atoms with E-state index in [0.717, 1.165) is 35.3 Å². The maximum Gasteiger partial charge on any atom is 0.106 e. The summed E-state index contributed by atoms with van der Waals surface area (Å²) in [6.45, 7) is 8.41. The summed E-state index contributed by atoms with van der Waals surface area (Å²) >= 11 is 0. The van der Waals surface area contributed by atoms with Crippen LogP contribution in [0.5, 0.6) is 0 Å². The SMILES string of the molecule is CCC(C)NC(CC)C(O)c1ccc2c(c1)nc(C)n2C. The maximum absolute atomic E-state index is 10.7. The molecule has 116 valence electrons. The number of hydrogen-bond acceptors (Lipinski definition) is 3. The minimum Gasteiger partial charge on any atom is -0.387 e. The van der Waals surface area contributed by atoms with Gasteiger partial charge in [0.2, 0.25) is 0 Å². The van der Waals surface area contributed by atoms with Crippen molar-refractivity contribution in [1.82, 2.24) is 14.9 Å². The first-order chi connectivity index (χ1) is 9.97. The van der Waals surface area contributed by atoms with Crippen molar-refractivity contribution in [1.29, 1.82) is 0 Å². The van der Waals surface area contributed by atoms with E-state index in [-0.39, 0.29) is 6.04 Å². The number of hydrogen-bond donors (Lipinski definition) is 2. The molecule has 0 bridgehead atoms. The van der Waals surface area contributed by atoms with Crippen LogP contribution in [0.2, 0.25) is 0 Å². The van der Waals surface area contributed by atoms with Crippen LogP contribution in [0.15, 0.2) is 18.2 Å². The van der Waals surface area contributed by atoms with Gasteiger partial charge in [0.25, 0.3) is 0 Å². The van der Waals surface area contributed by atoms with Crippen molar-refractivity contribution in [2.45, 2.75) is 58.7 Å². The molecule has 0 fully saturated rings. The van der Waals surface area contributed by atoms with Gasteiger partial charge in [-0.25, -0.2) is 4.98 Å². The fraction of sp³-hybridized carbons (Fsp3) is 0.588. The second-order valence-electron chi connectivity index (χ2n) is 5.90. The van der Waals surface area contributed by atoms with Gasteiger partial charge in [-0.15, -0.1) is 0 Å². The lowest BCUT2D eigenvalue weighted by Gasteiger charge is -2.26. The van der Waals surface area contributed by atoms with Crippen LogP contribution in [-0.2, 0) is 7.05 Å². The highest BCUT2D eigenvalue weighted by atomic mass is 16.3. The molecule has 1 heterocycles. The summed E-state index contributed by atoms with van der Waals surface area (Å²) in [5.41, 5.74) is 2.99. The van der Waals surface area contributed by atoms with E-state index < -0.39 is 6.10 Å². The number of nitrogens with zero attached hydrogens (tertiary/aromatic N) is 2. The molecule has 0 saturated heterocycles. The summed E-state index contributed by atoms with van der Waals surface area (Å²) < 4.78 is 2.07. The van der Waals surface area contributed by atoms with Crippen LogP contribution in [0.1, 0.15) is 51.1 Å². The summed E-state index contributed by atoms with van der Waals surface area (Å²) in [6.07, 6.45) is 1.45. The Kier molecular flexibility index (Phi) is 5.01. The average molecular weight is 289 g/mol. The fourth-order valence-corrected chi connectivity index (χ4v) is 2.67. The summed E-state index contributed by atoms with van der Waals surface area (Å²) in [6, 6.07) is 6.54.